The summed E-state index contributed by atoms with van der Waals surface area (Å²) < 4.78 is 0. The summed E-state index contributed by atoms with van der Waals surface area (Å²) in [6.45, 7) is 2.11. The first kappa shape index (κ1) is 20.8. The largest absolute Gasteiger partial charge is 0.300 e. The van der Waals surface area contributed by atoms with E-state index in [0.717, 1.165) is 32.1 Å². The van der Waals surface area contributed by atoms with Crippen molar-refractivity contribution < 1.29 is 9.59 Å². The number of carbonyl (C=O) groups excluding carboxylic acids is 2. The van der Waals surface area contributed by atoms with Gasteiger partial charge < -0.3 is 0 Å². The summed E-state index contributed by atoms with van der Waals surface area (Å²) in [4.78, 5) is 24.5. The van der Waals surface area contributed by atoms with Gasteiger partial charge in [-0.05, 0) is 25.7 Å². The van der Waals surface area contributed by atoms with Crippen LogP contribution in [0, 0.1) is 0 Å². The predicted molar refractivity (Wildman–Crippen MR) is 96.7 cm³/mol. The third-order valence-corrected chi connectivity index (χ3v) is 4.53. The Morgan fingerprint density at radius 1 is 0.889 bits per heavy atom. The molecule has 0 spiro atoms. The molecule has 0 aliphatic rings. The Bertz CT molecular complexity index is 657. The number of aromatic amines is 2. The molecule has 2 N–H and O–H groups in total. The van der Waals surface area contributed by atoms with Crippen molar-refractivity contribution in [2.45, 2.75) is 83.5 Å². The zero-order valence-corrected chi connectivity index (χ0v) is 15.9. The fraction of sp³-hybridized carbons (Fsp3) is 0.765. The van der Waals surface area contributed by atoms with Crippen molar-refractivity contribution in [1.29, 1.82) is 0 Å². The summed E-state index contributed by atoms with van der Waals surface area (Å²) in [6, 6.07) is 0. The lowest BCUT2D eigenvalue weighted by Crippen LogP contribution is -2.15. The number of tetrazole rings is 2. The van der Waals surface area contributed by atoms with Gasteiger partial charge in [-0.15, -0.1) is 20.4 Å². The highest BCUT2D eigenvalue weighted by atomic mass is 16.1. The number of Topliss-reactive ketones (excluding diaryl/α,β-unsaturated/α-hetero) is 2. The van der Waals surface area contributed by atoms with Gasteiger partial charge in [0.05, 0.1) is 5.92 Å². The Labute approximate surface area is 158 Å². The van der Waals surface area contributed by atoms with E-state index in [9.17, 15) is 9.59 Å². The molecule has 10 nitrogen and oxygen atoms in total. The number of nitrogens with zero attached hydrogens (tertiary/aromatic N) is 6. The molecule has 0 aliphatic heterocycles. The molecule has 1 atom stereocenters. The van der Waals surface area contributed by atoms with Crippen molar-refractivity contribution in [2.24, 2.45) is 0 Å². The second kappa shape index (κ2) is 12.0. The van der Waals surface area contributed by atoms with Crippen molar-refractivity contribution in [1.82, 2.24) is 41.2 Å². The average Bonchev–Trinajstić information content (AvgIpc) is 3.36. The highest BCUT2D eigenvalue weighted by Crippen LogP contribution is 2.22. The van der Waals surface area contributed by atoms with Gasteiger partial charge in [-0.25, -0.2) is 0 Å². The molecular weight excluding hydrogens is 348 g/mol. The van der Waals surface area contributed by atoms with Gasteiger partial charge in [0.25, 0.3) is 0 Å². The molecule has 148 valence electrons. The molecule has 0 radical (unpaired) electrons. The molecular formula is C17H28N8O2. The molecule has 0 aromatic carbocycles. The molecule has 0 amide bonds. The molecule has 0 fully saturated rings. The van der Waals surface area contributed by atoms with Crippen LogP contribution in [0.2, 0.25) is 0 Å². The minimum Gasteiger partial charge on any atom is -0.300 e. The van der Waals surface area contributed by atoms with E-state index in [0.29, 0.717) is 50.2 Å². The first-order valence-electron chi connectivity index (χ1n) is 9.70. The van der Waals surface area contributed by atoms with Crippen LogP contribution in [0.5, 0.6) is 0 Å². The Balaban J connectivity index is 1.74. The van der Waals surface area contributed by atoms with E-state index in [2.05, 4.69) is 48.2 Å². The van der Waals surface area contributed by atoms with Gasteiger partial charge >= 0.3 is 0 Å². The third kappa shape index (κ3) is 7.71. The predicted octanol–water partition coefficient (Wildman–Crippen LogP) is 2.10. The van der Waals surface area contributed by atoms with E-state index in [-0.39, 0.29) is 17.5 Å². The Hall–Kier alpha value is -2.52. The summed E-state index contributed by atoms with van der Waals surface area (Å²) >= 11 is 0. The van der Waals surface area contributed by atoms with Crippen molar-refractivity contribution in [3.63, 3.8) is 0 Å². The first-order chi connectivity index (χ1) is 13.2. The molecule has 0 saturated carbocycles. The second-order valence-electron chi connectivity index (χ2n) is 6.71. The minimum absolute atomic E-state index is 0.0670. The van der Waals surface area contributed by atoms with Crippen molar-refractivity contribution >= 4 is 11.6 Å². The highest BCUT2D eigenvalue weighted by Gasteiger charge is 2.24. The lowest BCUT2D eigenvalue weighted by atomic mass is 9.92. The molecule has 2 rings (SSSR count). The second-order valence-corrected chi connectivity index (χ2v) is 6.71. The molecule has 1 unspecified atom stereocenters. The lowest BCUT2D eigenvalue weighted by molar-refractivity contribution is -0.121. The molecule has 0 aliphatic carbocycles. The number of carbonyl (C=O) groups is 2. The van der Waals surface area contributed by atoms with E-state index >= 15 is 0 Å². The number of nitrogens with one attached hydrogen (secondary N) is 2. The van der Waals surface area contributed by atoms with Crippen molar-refractivity contribution in [3.8, 4) is 0 Å². The first-order valence-corrected chi connectivity index (χ1v) is 9.70. The van der Waals surface area contributed by atoms with Gasteiger partial charge in [-0.2, -0.15) is 10.4 Å². The summed E-state index contributed by atoms with van der Waals surface area (Å²) in [5, 5.41) is 27.7. The summed E-state index contributed by atoms with van der Waals surface area (Å²) in [7, 11) is 0. The number of ketones is 2. The standard InChI is InChI=1S/C17H28N8O2/c1-2-3-4-8-13(26)9-7-11-15(27)14(17-20-24-25-21-17)10-5-6-12-16-18-22-23-19-16/h14H,2-12H2,1H3,(H,18,19,22,23)(H,20,21,24,25). The van der Waals surface area contributed by atoms with E-state index in [1.165, 1.54) is 0 Å². The van der Waals surface area contributed by atoms with Crippen LogP contribution in [0.15, 0.2) is 0 Å². The fourth-order valence-corrected chi connectivity index (χ4v) is 3.00. The van der Waals surface area contributed by atoms with E-state index in [1.807, 2.05) is 0 Å². The monoisotopic (exact) mass is 376 g/mol. The van der Waals surface area contributed by atoms with Crippen LogP contribution in [0.25, 0.3) is 0 Å². The number of H-pyrrole nitrogens is 2. The van der Waals surface area contributed by atoms with Crippen LogP contribution in [0.3, 0.4) is 0 Å². The van der Waals surface area contributed by atoms with Gasteiger partial charge in [-0.1, -0.05) is 36.6 Å². The fourth-order valence-electron chi connectivity index (χ4n) is 3.00. The lowest BCUT2D eigenvalue weighted by Gasteiger charge is -2.11. The van der Waals surface area contributed by atoms with Crippen molar-refractivity contribution in [3.05, 3.63) is 11.6 Å². The number of aromatic nitrogens is 8. The van der Waals surface area contributed by atoms with Crippen LogP contribution in [0.4, 0.5) is 0 Å². The summed E-state index contributed by atoms with van der Waals surface area (Å²) in [5.41, 5.74) is 0. The van der Waals surface area contributed by atoms with Gasteiger partial charge in [-0.3, -0.25) is 9.59 Å². The molecule has 10 heteroatoms. The summed E-state index contributed by atoms with van der Waals surface area (Å²) in [6.07, 6.45) is 8.15. The normalized spacial score (nSPS) is 12.2. The van der Waals surface area contributed by atoms with Gasteiger partial charge in [0.15, 0.2) is 11.6 Å². The maximum absolute atomic E-state index is 12.6. The van der Waals surface area contributed by atoms with Crippen LogP contribution in [-0.4, -0.2) is 52.8 Å². The van der Waals surface area contributed by atoms with Gasteiger partial charge in [0.1, 0.15) is 11.6 Å². The van der Waals surface area contributed by atoms with E-state index in [4.69, 9.17) is 0 Å². The highest BCUT2D eigenvalue weighted by molar-refractivity contribution is 5.85. The molecule has 2 aromatic heterocycles. The Morgan fingerprint density at radius 2 is 1.67 bits per heavy atom. The average molecular weight is 376 g/mol. The number of rotatable bonds is 15. The maximum atomic E-state index is 12.6. The number of hydrogen-bond acceptors (Lipinski definition) is 8. The molecule has 2 heterocycles. The van der Waals surface area contributed by atoms with Gasteiger partial charge in [0, 0.05) is 25.7 Å². The SMILES string of the molecule is CCCCCC(=O)CCCC(=O)C(CCCCc1nn[nH]n1)c1nn[nH]n1. The Kier molecular flexibility index (Phi) is 9.22. The smallest absolute Gasteiger partial charge is 0.184 e. The molecule has 0 bridgehead atoms. The van der Waals surface area contributed by atoms with Crippen LogP contribution in [-0.2, 0) is 16.0 Å². The van der Waals surface area contributed by atoms with Gasteiger partial charge in [0.2, 0.25) is 0 Å². The topological polar surface area (TPSA) is 143 Å². The Morgan fingerprint density at radius 3 is 2.37 bits per heavy atom. The zero-order chi connectivity index (χ0) is 19.3. The van der Waals surface area contributed by atoms with Crippen LogP contribution >= 0.6 is 0 Å². The third-order valence-electron chi connectivity index (χ3n) is 4.53. The van der Waals surface area contributed by atoms with Crippen molar-refractivity contribution in [2.75, 3.05) is 0 Å². The van der Waals surface area contributed by atoms with Crippen LogP contribution < -0.4 is 0 Å². The number of unbranched alkanes of at least 4 members (excludes halogenated alkanes) is 3. The number of hydrogen-bond donors (Lipinski definition) is 2. The molecule has 27 heavy (non-hydrogen) atoms. The summed E-state index contributed by atoms with van der Waals surface area (Å²) in [5.74, 6) is 1.02. The van der Waals surface area contributed by atoms with E-state index in [1.54, 1.807) is 0 Å². The molecule has 0 saturated heterocycles. The minimum atomic E-state index is -0.385. The van der Waals surface area contributed by atoms with Crippen LogP contribution in [0.1, 0.15) is 88.7 Å². The zero-order valence-electron chi connectivity index (χ0n) is 15.9. The quantitative estimate of drug-likeness (QED) is 0.450. The van der Waals surface area contributed by atoms with E-state index < -0.39 is 0 Å². The molecule has 2 aromatic rings. The maximum Gasteiger partial charge on any atom is 0.184 e. The number of aryl methyl sites for hydroxylation is 1.